The van der Waals surface area contributed by atoms with Crippen molar-refractivity contribution in [2.75, 3.05) is 11.1 Å². The van der Waals surface area contributed by atoms with Crippen LogP contribution >= 0.6 is 23.2 Å². The maximum atomic E-state index is 12.6. The molecule has 0 bridgehead atoms. The fraction of sp³-hybridized carbons (Fsp3) is 0.143. The molecule has 2 aromatic carbocycles. The van der Waals surface area contributed by atoms with Crippen LogP contribution in [0, 0.1) is 0 Å². The SMILES string of the molecule is Nc1cc(Cl)c(Cl)cc1NCc1cccc(C(F)(F)F)c1. The molecule has 7 heteroatoms. The van der Waals surface area contributed by atoms with E-state index in [0.717, 1.165) is 12.1 Å². The van der Waals surface area contributed by atoms with Gasteiger partial charge in [0.25, 0.3) is 0 Å². The van der Waals surface area contributed by atoms with Crippen LogP contribution in [0.25, 0.3) is 0 Å². The highest BCUT2D eigenvalue weighted by molar-refractivity contribution is 6.42. The number of hydrogen-bond donors (Lipinski definition) is 2. The molecule has 0 aliphatic heterocycles. The van der Waals surface area contributed by atoms with Gasteiger partial charge in [0.1, 0.15) is 0 Å². The van der Waals surface area contributed by atoms with Crippen molar-refractivity contribution < 1.29 is 13.2 Å². The van der Waals surface area contributed by atoms with Crippen LogP contribution in [0.15, 0.2) is 36.4 Å². The number of rotatable bonds is 3. The predicted molar refractivity (Wildman–Crippen MR) is 79.6 cm³/mol. The normalized spacial score (nSPS) is 11.5. The summed E-state index contributed by atoms with van der Waals surface area (Å²) in [5.41, 5.74) is 6.45. The minimum atomic E-state index is -4.36. The van der Waals surface area contributed by atoms with Gasteiger partial charge in [0.15, 0.2) is 0 Å². The van der Waals surface area contributed by atoms with E-state index in [-0.39, 0.29) is 6.54 Å². The third-order valence-electron chi connectivity index (χ3n) is 2.83. The molecule has 0 heterocycles. The fourth-order valence-electron chi connectivity index (χ4n) is 1.77. The Kier molecular flexibility index (Phi) is 4.54. The third kappa shape index (κ3) is 3.95. The average Bonchev–Trinajstić information content (AvgIpc) is 2.41. The second kappa shape index (κ2) is 6.03. The molecule has 2 aromatic rings. The van der Waals surface area contributed by atoms with E-state index < -0.39 is 11.7 Å². The summed E-state index contributed by atoms with van der Waals surface area (Å²) in [6.07, 6.45) is -4.36. The number of alkyl halides is 3. The van der Waals surface area contributed by atoms with E-state index >= 15 is 0 Å². The second-order valence-electron chi connectivity index (χ2n) is 4.41. The van der Waals surface area contributed by atoms with Gasteiger partial charge in [-0.3, -0.25) is 0 Å². The van der Waals surface area contributed by atoms with Gasteiger partial charge in [0.05, 0.1) is 27.0 Å². The van der Waals surface area contributed by atoms with Crippen molar-refractivity contribution in [2.24, 2.45) is 0 Å². The molecule has 112 valence electrons. The third-order valence-corrected chi connectivity index (χ3v) is 3.55. The lowest BCUT2D eigenvalue weighted by molar-refractivity contribution is -0.137. The quantitative estimate of drug-likeness (QED) is 0.756. The Morgan fingerprint density at radius 2 is 1.71 bits per heavy atom. The van der Waals surface area contributed by atoms with Gasteiger partial charge in [-0.2, -0.15) is 13.2 Å². The molecule has 0 aromatic heterocycles. The first-order chi connectivity index (χ1) is 9.77. The van der Waals surface area contributed by atoms with Crippen LogP contribution < -0.4 is 11.1 Å². The Hall–Kier alpha value is -1.59. The fourth-order valence-corrected chi connectivity index (χ4v) is 2.11. The number of benzene rings is 2. The van der Waals surface area contributed by atoms with E-state index in [0.29, 0.717) is 27.0 Å². The van der Waals surface area contributed by atoms with Crippen LogP contribution in [0.3, 0.4) is 0 Å². The minimum Gasteiger partial charge on any atom is -0.397 e. The summed E-state index contributed by atoms with van der Waals surface area (Å²) < 4.78 is 37.9. The van der Waals surface area contributed by atoms with E-state index in [1.165, 1.54) is 18.2 Å². The molecule has 0 saturated heterocycles. The molecule has 0 unspecified atom stereocenters. The zero-order valence-electron chi connectivity index (χ0n) is 10.6. The van der Waals surface area contributed by atoms with Gasteiger partial charge in [-0.1, -0.05) is 35.3 Å². The van der Waals surface area contributed by atoms with Gasteiger partial charge in [0, 0.05) is 6.54 Å². The Bertz CT molecular complexity index is 657. The molecule has 0 spiro atoms. The molecule has 0 radical (unpaired) electrons. The molecule has 0 atom stereocenters. The van der Waals surface area contributed by atoms with Crippen LogP contribution in [0.5, 0.6) is 0 Å². The lowest BCUT2D eigenvalue weighted by Gasteiger charge is -2.12. The first-order valence-corrected chi connectivity index (χ1v) is 6.67. The van der Waals surface area contributed by atoms with Gasteiger partial charge < -0.3 is 11.1 Å². The molecule has 0 aliphatic carbocycles. The minimum absolute atomic E-state index is 0.187. The maximum absolute atomic E-state index is 12.6. The number of hydrogen-bond acceptors (Lipinski definition) is 2. The highest BCUT2D eigenvalue weighted by atomic mass is 35.5. The van der Waals surface area contributed by atoms with Gasteiger partial charge in [-0.15, -0.1) is 0 Å². The monoisotopic (exact) mass is 334 g/mol. The molecular formula is C14H11Cl2F3N2. The van der Waals surface area contributed by atoms with Gasteiger partial charge in [-0.05, 0) is 29.8 Å². The molecule has 0 saturated carbocycles. The summed E-state index contributed by atoms with van der Waals surface area (Å²) in [5, 5.41) is 3.58. The molecule has 2 nitrogen and oxygen atoms in total. The van der Waals surface area contributed by atoms with Gasteiger partial charge in [0.2, 0.25) is 0 Å². The number of halogens is 5. The van der Waals surface area contributed by atoms with Crippen molar-refractivity contribution in [2.45, 2.75) is 12.7 Å². The topological polar surface area (TPSA) is 38.0 Å². The number of nitrogens with one attached hydrogen (secondary N) is 1. The smallest absolute Gasteiger partial charge is 0.397 e. The Morgan fingerprint density at radius 1 is 1.05 bits per heavy atom. The van der Waals surface area contributed by atoms with E-state index in [4.69, 9.17) is 28.9 Å². The van der Waals surface area contributed by atoms with E-state index in [9.17, 15) is 13.2 Å². The zero-order chi connectivity index (χ0) is 15.6. The summed E-state index contributed by atoms with van der Waals surface area (Å²) in [5.74, 6) is 0. The van der Waals surface area contributed by atoms with E-state index in [2.05, 4.69) is 5.32 Å². The summed E-state index contributed by atoms with van der Waals surface area (Å²) in [6.45, 7) is 0.187. The van der Waals surface area contributed by atoms with Crippen molar-refractivity contribution >= 4 is 34.6 Å². The van der Waals surface area contributed by atoms with Crippen molar-refractivity contribution in [3.05, 3.63) is 57.6 Å². The molecule has 0 aliphatic rings. The van der Waals surface area contributed by atoms with Crippen LogP contribution in [-0.4, -0.2) is 0 Å². The highest BCUT2D eigenvalue weighted by Gasteiger charge is 2.30. The zero-order valence-corrected chi connectivity index (χ0v) is 12.2. The van der Waals surface area contributed by atoms with E-state index in [1.807, 2.05) is 0 Å². The van der Waals surface area contributed by atoms with Crippen molar-refractivity contribution in [3.8, 4) is 0 Å². The Morgan fingerprint density at radius 3 is 2.38 bits per heavy atom. The summed E-state index contributed by atoms with van der Waals surface area (Å²) in [6, 6.07) is 8.08. The Labute approximate surface area is 129 Å². The average molecular weight is 335 g/mol. The molecule has 3 N–H and O–H groups in total. The second-order valence-corrected chi connectivity index (χ2v) is 5.22. The molecule has 21 heavy (non-hydrogen) atoms. The largest absolute Gasteiger partial charge is 0.416 e. The van der Waals surface area contributed by atoms with Crippen molar-refractivity contribution in [1.29, 1.82) is 0 Å². The lowest BCUT2D eigenvalue weighted by atomic mass is 10.1. The van der Waals surface area contributed by atoms with Crippen molar-refractivity contribution in [3.63, 3.8) is 0 Å². The summed E-state index contributed by atoms with van der Waals surface area (Å²) in [7, 11) is 0. The summed E-state index contributed by atoms with van der Waals surface area (Å²) >= 11 is 11.7. The van der Waals surface area contributed by atoms with Crippen molar-refractivity contribution in [1.82, 2.24) is 0 Å². The lowest BCUT2D eigenvalue weighted by Crippen LogP contribution is -2.07. The first-order valence-electron chi connectivity index (χ1n) is 5.92. The maximum Gasteiger partial charge on any atom is 0.416 e. The molecular weight excluding hydrogens is 324 g/mol. The number of nitrogens with two attached hydrogens (primary N) is 1. The number of anilines is 2. The van der Waals surface area contributed by atoms with E-state index in [1.54, 1.807) is 6.07 Å². The highest BCUT2D eigenvalue weighted by Crippen LogP contribution is 2.32. The Balaban J connectivity index is 2.15. The predicted octanol–water partition coefficient (Wildman–Crippen LogP) is 5.21. The molecule has 0 amide bonds. The van der Waals surface area contributed by atoms with Crippen LogP contribution in [0.1, 0.15) is 11.1 Å². The van der Waals surface area contributed by atoms with Crippen LogP contribution in [-0.2, 0) is 12.7 Å². The van der Waals surface area contributed by atoms with Crippen LogP contribution in [0.4, 0.5) is 24.5 Å². The first kappa shape index (κ1) is 15.8. The van der Waals surface area contributed by atoms with Crippen LogP contribution in [0.2, 0.25) is 10.0 Å². The van der Waals surface area contributed by atoms with Gasteiger partial charge >= 0.3 is 6.18 Å². The van der Waals surface area contributed by atoms with Gasteiger partial charge in [-0.25, -0.2) is 0 Å². The molecule has 2 rings (SSSR count). The number of nitrogen functional groups attached to an aromatic ring is 1. The standard InChI is InChI=1S/C14H11Cl2F3N2/c15-10-5-12(20)13(6-11(10)16)21-7-8-2-1-3-9(4-8)14(17,18)19/h1-6,21H,7,20H2. The summed E-state index contributed by atoms with van der Waals surface area (Å²) in [4.78, 5) is 0. The molecule has 0 fully saturated rings.